The second-order valence-corrected chi connectivity index (χ2v) is 8.65. The number of methoxy groups -OCH3 is 1. The van der Waals surface area contributed by atoms with Crippen LogP contribution in [0.15, 0.2) is 24.3 Å². The van der Waals surface area contributed by atoms with Gasteiger partial charge in [0.15, 0.2) is 0 Å². The first kappa shape index (κ1) is 28.5. The van der Waals surface area contributed by atoms with E-state index in [2.05, 4.69) is 21.3 Å². The Kier molecular flexibility index (Phi) is 10.5. The average molecular weight is 476 g/mol. The molecule has 34 heavy (non-hydrogen) atoms. The van der Waals surface area contributed by atoms with Crippen molar-refractivity contribution in [1.29, 1.82) is 0 Å². The Balaban J connectivity index is 3.44. The van der Waals surface area contributed by atoms with E-state index in [0.29, 0.717) is 11.1 Å². The van der Waals surface area contributed by atoms with Gasteiger partial charge in [-0.1, -0.05) is 24.1 Å². The van der Waals surface area contributed by atoms with Crippen LogP contribution >= 0.6 is 0 Å². The number of carbonyl (C=O) groups is 4. The van der Waals surface area contributed by atoms with Gasteiger partial charge in [0.25, 0.3) is 0 Å². The summed E-state index contributed by atoms with van der Waals surface area (Å²) in [5.41, 5.74) is -0.129. The van der Waals surface area contributed by atoms with Crippen molar-refractivity contribution in [1.82, 2.24) is 15.5 Å². The van der Waals surface area contributed by atoms with E-state index in [1.807, 2.05) is 0 Å². The van der Waals surface area contributed by atoms with Crippen molar-refractivity contribution in [2.45, 2.75) is 58.3 Å². The lowest BCUT2D eigenvalue weighted by Crippen LogP contribution is -2.56. The van der Waals surface area contributed by atoms with Crippen molar-refractivity contribution in [3.8, 4) is 12.3 Å². The molecule has 3 N–H and O–H groups in total. The number of amides is 3. The van der Waals surface area contributed by atoms with E-state index in [1.165, 1.54) is 12.0 Å². The minimum atomic E-state index is -1.40. The first-order valence-corrected chi connectivity index (χ1v) is 10.7. The van der Waals surface area contributed by atoms with Crippen molar-refractivity contribution in [2.24, 2.45) is 0 Å². The van der Waals surface area contributed by atoms with Gasteiger partial charge in [-0.3, -0.25) is 14.4 Å². The van der Waals surface area contributed by atoms with E-state index < -0.39 is 60.8 Å². The molecule has 0 aliphatic carbocycles. The Morgan fingerprint density at radius 2 is 1.79 bits per heavy atom. The largest absolute Gasteiger partial charge is 0.468 e. The number of aliphatic hydroxyl groups is 1. The van der Waals surface area contributed by atoms with Crippen LogP contribution in [0, 0.1) is 12.3 Å². The summed E-state index contributed by atoms with van der Waals surface area (Å²) < 4.78 is 9.74. The Hall–Kier alpha value is -3.58. The zero-order chi connectivity index (χ0) is 26.1. The molecule has 0 saturated carbocycles. The molecule has 10 heteroatoms. The minimum Gasteiger partial charge on any atom is -0.468 e. The van der Waals surface area contributed by atoms with E-state index in [4.69, 9.17) is 11.2 Å². The third-order valence-electron chi connectivity index (χ3n) is 4.55. The molecule has 0 aliphatic rings. The van der Waals surface area contributed by atoms with Crippen LogP contribution in [-0.4, -0.2) is 71.8 Å². The van der Waals surface area contributed by atoms with Crippen molar-refractivity contribution >= 4 is 23.9 Å². The van der Waals surface area contributed by atoms with Crippen molar-refractivity contribution < 1.29 is 33.8 Å². The fraction of sp³-hybridized carbons (Fsp3) is 0.500. The van der Waals surface area contributed by atoms with Gasteiger partial charge >= 0.3 is 12.1 Å². The Morgan fingerprint density at radius 3 is 2.29 bits per heavy atom. The molecule has 2 unspecified atom stereocenters. The van der Waals surface area contributed by atoms with E-state index in [9.17, 15) is 24.3 Å². The highest BCUT2D eigenvalue weighted by Crippen LogP contribution is 2.27. The molecule has 0 saturated heterocycles. The summed E-state index contributed by atoms with van der Waals surface area (Å²) in [7, 11) is 1.18. The number of rotatable bonds is 9. The smallest absolute Gasteiger partial charge is 0.408 e. The Morgan fingerprint density at radius 1 is 1.18 bits per heavy atom. The lowest BCUT2D eigenvalue weighted by Gasteiger charge is -2.37. The van der Waals surface area contributed by atoms with Crippen molar-refractivity contribution in [3.63, 3.8) is 0 Å². The summed E-state index contributed by atoms with van der Waals surface area (Å²) in [4.78, 5) is 51.8. The molecular formula is C24H33N3O7. The molecule has 3 amide bonds. The SMILES string of the molecule is C#Cc1ccccc1C(C(=O)NCC(=O)OC)N(C(=O)C(CO)NC(=O)OC(C)(C)C)C(C)C. The van der Waals surface area contributed by atoms with Gasteiger partial charge in [0.1, 0.15) is 24.2 Å². The van der Waals surface area contributed by atoms with Crippen LogP contribution in [0.25, 0.3) is 0 Å². The topological polar surface area (TPSA) is 134 Å². The van der Waals surface area contributed by atoms with E-state index in [-0.39, 0.29) is 0 Å². The third kappa shape index (κ3) is 8.08. The molecule has 0 aliphatic heterocycles. The normalized spacial score (nSPS) is 12.7. The number of esters is 1. The maximum atomic E-state index is 13.5. The molecule has 10 nitrogen and oxygen atoms in total. The number of nitrogens with one attached hydrogen (secondary N) is 2. The van der Waals surface area contributed by atoms with Crippen molar-refractivity contribution in [2.75, 3.05) is 20.3 Å². The van der Waals surface area contributed by atoms with Crippen LogP contribution in [0.1, 0.15) is 51.8 Å². The predicted octanol–water partition coefficient (Wildman–Crippen LogP) is 1.12. The highest BCUT2D eigenvalue weighted by molar-refractivity contribution is 5.93. The standard InChI is InChI=1S/C24H33N3O7/c1-8-16-11-9-10-12-17(16)20(21(30)25-13-19(29)33-7)27(15(2)3)22(31)18(14-28)26-23(32)34-24(4,5)6/h1,9-12,15,18,20,28H,13-14H2,2-7H3,(H,25,30)(H,26,32). The van der Waals surface area contributed by atoms with Crippen LogP contribution in [0.2, 0.25) is 0 Å². The van der Waals surface area contributed by atoms with Crippen LogP contribution in [-0.2, 0) is 23.9 Å². The molecule has 1 aromatic carbocycles. The molecule has 1 rings (SSSR count). The maximum absolute atomic E-state index is 13.5. The fourth-order valence-corrected chi connectivity index (χ4v) is 3.11. The number of terminal acetylenes is 1. The summed E-state index contributed by atoms with van der Waals surface area (Å²) >= 11 is 0. The number of aliphatic hydroxyl groups excluding tert-OH is 1. The van der Waals surface area contributed by atoms with Gasteiger partial charge in [-0.15, -0.1) is 6.42 Å². The number of alkyl carbamates (subject to hydrolysis) is 1. The second-order valence-electron chi connectivity index (χ2n) is 8.65. The molecule has 1 aromatic rings. The van der Waals surface area contributed by atoms with Gasteiger partial charge in [-0.25, -0.2) is 4.79 Å². The van der Waals surface area contributed by atoms with Gasteiger partial charge in [-0.2, -0.15) is 0 Å². The van der Waals surface area contributed by atoms with Gasteiger partial charge in [-0.05, 0) is 46.2 Å². The van der Waals surface area contributed by atoms with Crippen LogP contribution in [0.4, 0.5) is 4.79 Å². The first-order chi connectivity index (χ1) is 15.9. The number of hydrogen-bond donors (Lipinski definition) is 3. The number of carbonyl (C=O) groups excluding carboxylic acids is 4. The molecule has 0 bridgehead atoms. The third-order valence-corrected chi connectivity index (χ3v) is 4.55. The number of benzene rings is 1. The quantitative estimate of drug-likeness (QED) is 0.360. The van der Waals surface area contributed by atoms with Crippen molar-refractivity contribution in [3.05, 3.63) is 35.4 Å². The summed E-state index contributed by atoms with van der Waals surface area (Å²) in [5, 5.41) is 14.7. The van der Waals surface area contributed by atoms with Crippen LogP contribution < -0.4 is 10.6 Å². The molecule has 0 spiro atoms. The van der Waals surface area contributed by atoms with Crippen LogP contribution in [0.5, 0.6) is 0 Å². The molecular weight excluding hydrogens is 442 g/mol. The zero-order valence-electron chi connectivity index (χ0n) is 20.4. The number of hydrogen-bond acceptors (Lipinski definition) is 7. The van der Waals surface area contributed by atoms with Gasteiger partial charge in [0, 0.05) is 11.6 Å². The average Bonchev–Trinajstić information content (AvgIpc) is 2.77. The predicted molar refractivity (Wildman–Crippen MR) is 124 cm³/mol. The monoisotopic (exact) mass is 475 g/mol. The minimum absolute atomic E-state index is 0.336. The van der Waals surface area contributed by atoms with Crippen LogP contribution in [0.3, 0.4) is 0 Å². The number of nitrogens with zero attached hydrogens (tertiary/aromatic N) is 1. The summed E-state index contributed by atoms with van der Waals surface area (Å²) in [5.74, 6) is 0.378. The summed E-state index contributed by atoms with van der Waals surface area (Å²) in [6.45, 7) is 7.12. The Bertz CT molecular complexity index is 931. The first-order valence-electron chi connectivity index (χ1n) is 10.7. The lowest BCUT2D eigenvalue weighted by molar-refractivity contribution is -0.146. The van der Waals surface area contributed by atoms with E-state index in [0.717, 1.165) is 0 Å². The van der Waals surface area contributed by atoms with Gasteiger partial charge in [0.05, 0.1) is 13.7 Å². The Labute approximate surface area is 200 Å². The number of ether oxygens (including phenoxy) is 2. The molecule has 0 aromatic heterocycles. The zero-order valence-corrected chi connectivity index (χ0v) is 20.4. The molecule has 0 radical (unpaired) electrons. The highest BCUT2D eigenvalue weighted by Gasteiger charge is 2.38. The summed E-state index contributed by atoms with van der Waals surface area (Å²) in [6, 6.07) is 3.32. The fourth-order valence-electron chi connectivity index (χ4n) is 3.11. The second kappa shape index (κ2) is 12.6. The van der Waals surface area contributed by atoms with E-state index in [1.54, 1.807) is 58.9 Å². The van der Waals surface area contributed by atoms with Gasteiger partial charge < -0.3 is 30.1 Å². The highest BCUT2D eigenvalue weighted by atomic mass is 16.6. The molecule has 0 heterocycles. The lowest BCUT2D eigenvalue weighted by atomic mass is 9.96. The van der Waals surface area contributed by atoms with Gasteiger partial charge in [0.2, 0.25) is 11.8 Å². The molecule has 2 atom stereocenters. The van der Waals surface area contributed by atoms with E-state index >= 15 is 0 Å². The molecule has 0 fully saturated rings. The maximum Gasteiger partial charge on any atom is 0.408 e. The molecule has 186 valence electrons. The summed E-state index contributed by atoms with van der Waals surface area (Å²) in [6.07, 6.45) is 4.72.